The van der Waals surface area contributed by atoms with Gasteiger partial charge in [0, 0.05) is 25.1 Å². The number of ether oxygens (including phenoxy) is 1. The number of para-hydroxylation sites is 1. The fourth-order valence-corrected chi connectivity index (χ4v) is 3.82. The first-order valence-electron chi connectivity index (χ1n) is 10.7. The van der Waals surface area contributed by atoms with Crippen LogP contribution in [0.1, 0.15) is 36.8 Å². The van der Waals surface area contributed by atoms with Gasteiger partial charge >= 0.3 is 0 Å². The molecule has 5 heteroatoms. The molecule has 1 saturated heterocycles. The van der Waals surface area contributed by atoms with E-state index >= 15 is 0 Å². The lowest BCUT2D eigenvalue weighted by molar-refractivity contribution is -0.121. The molecular weight excluding hydrogens is 379 g/mol. The molecule has 0 atom stereocenters. The quantitative estimate of drug-likeness (QED) is 0.578. The van der Waals surface area contributed by atoms with E-state index < -0.39 is 0 Å². The summed E-state index contributed by atoms with van der Waals surface area (Å²) in [5, 5.41) is 2.93. The molecule has 1 amide bonds. The number of likely N-dealkylation sites (tertiary alicyclic amines) is 1. The molecule has 2 aromatic carbocycles. The van der Waals surface area contributed by atoms with Crippen LogP contribution in [-0.2, 0) is 17.9 Å². The SMILES string of the molecule is C=CCOc1ccccc1CN1CCC(CCC(=O)NCc2ccc(F)cc2)CC1. The summed E-state index contributed by atoms with van der Waals surface area (Å²) in [5.74, 6) is 1.32. The van der Waals surface area contributed by atoms with E-state index in [0.29, 0.717) is 25.5 Å². The van der Waals surface area contributed by atoms with Gasteiger partial charge < -0.3 is 10.1 Å². The summed E-state index contributed by atoms with van der Waals surface area (Å²) in [5.41, 5.74) is 2.12. The molecule has 1 fully saturated rings. The van der Waals surface area contributed by atoms with Gasteiger partial charge in [-0.05, 0) is 62.0 Å². The minimum Gasteiger partial charge on any atom is -0.489 e. The lowest BCUT2D eigenvalue weighted by atomic mass is 9.92. The molecule has 3 rings (SSSR count). The summed E-state index contributed by atoms with van der Waals surface area (Å²) in [7, 11) is 0. The molecule has 160 valence electrons. The van der Waals surface area contributed by atoms with Crippen molar-refractivity contribution < 1.29 is 13.9 Å². The van der Waals surface area contributed by atoms with E-state index in [2.05, 4.69) is 22.9 Å². The molecular formula is C25H31FN2O2. The van der Waals surface area contributed by atoms with Crippen LogP contribution in [0.4, 0.5) is 4.39 Å². The fraction of sp³-hybridized carbons (Fsp3) is 0.400. The number of piperidine rings is 1. The number of carbonyl (C=O) groups is 1. The predicted octanol–water partition coefficient (Wildman–Crippen LogP) is 4.70. The smallest absolute Gasteiger partial charge is 0.220 e. The number of benzene rings is 2. The number of carbonyl (C=O) groups excluding carboxylic acids is 1. The number of amides is 1. The summed E-state index contributed by atoms with van der Waals surface area (Å²) in [6.45, 7) is 7.64. The molecule has 0 radical (unpaired) electrons. The Labute approximate surface area is 178 Å². The molecule has 0 saturated carbocycles. The Morgan fingerprint density at radius 3 is 2.63 bits per heavy atom. The average molecular weight is 411 g/mol. The van der Waals surface area contributed by atoms with Crippen molar-refractivity contribution in [2.24, 2.45) is 5.92 Å². The third-order valence-corrected chi connectivity index (χ3v) is 5.61. The summed E-state index contributed by atoms with van der Waals surface area (Å²) in [6.07, 6.45) is 5.45. The average Bonchev–Trinajstić information content (AvgIpc) is 2.77. The zero-order chi connectivity index (χ0) is 21.2. The largest absolute Gasteiger partial charge is 0.489 e. The number of hydrogen-bond acceptors (Lipinski definition) is 3. The normalized spacial score (nSPS) is 15.0. The highest BCUT2D eigenvalue weighted by Gasteiger charge is 2.20. The lowest BCUT2D eigenvalue weighted by Gasteiger charge is -2.32. The Balaban J connectivity index is 1.36. The first-order valence-corrected chi connectivity index (χ1v) is 10.7. The summed E-state index contributed by atoms with van der Waals surface area (Å²) < 4.78 is 18.7. The van der Waals surface area contributed by atoms with Crippen molar-refractivity contribution in [2.45, 2.75) is 38.8 Å². The second kappa shape index (κ2) is 11.5. The Morgan fingerprint density at radius 1 is 1.17 bits per heavy atom. The lowest BCUT2D eigenvalue weighted by Crippen LogP contribution is -2.34. The van der Waals surface area contributed by atoms with Crippen molar-refractivity contribution in [1.29, 1.82) is 0 Å². The highest BCUT2D eigenvalue weighted by Crippen LogP contribution is 2.26. The molecule has 0 aromatic heterocycles. The first-order chi connectivity index (χ1) is 14.6. The van der Waals surface area contributed by atoms with Crippen molar-refractivity contribution in [3.05, 3.63) is 78.1 Å². The van der Waals surface area contributed by atoms with Gasteiger partial charge in [-0.2, -0.15) is 0 Å². The maximum absolute atomic E-state index is 12.9. The molecule has 1 aliphatic heterocycles. The monoisotopic (exact) mass is 410 g/mol. The van der Waals surface area contributed by atoms with E-state index in [1.807, 2.05) is 18.2 Å². The fourth-order valence-electron chi connectivity index (χ4n) is 3.82. The Kier molecular flexibility index (Phi) is 8.45. The van der Waals surface area contributed by atoms with Crippen molar-refractivity contribution in [2.75, 3.05) is 19.7 Å². The Bertz CT molecular complexity index is 814. The van der Waals surface area contributed by atoms with Crippen LogP contribution in [0.15, 0.2) is 61.2 Å². The summed E-state index contributed by atoms with van der Waals surface area (Å²) >= 11 is 0. The number of hydrogen-bond donors (Lipinski definition) is 1. The second-order valence-electron chi connectivity index (χ2n) is 7.87. The van der Waals surface area contributed by atoms with Crippen LogP contribution in [0.2, 0.25) is 0 Å². The number of rotatable bonds is 10. The molecule has 0 unspecified atom stereocenters. The summed E-state index contributed by atoms with van der Waals surface area (Å²) in [4.78, 5) is 14.6. The molecule has 4 nitrogen and oxygen atoms in total. The molecule has 0 bridgehead atoms. The van der Waals surface area contributed by atoms with Gasteiger partial charge in [-0.15, -0.1) is 0 Å². The molecule has 1 heterocycles. The second-order valence-corrected chi connectivity index (χ2v) is 7.87. The van der Waals surface area contributed by atoms with E-state index in [1.54, 1.807) is 18.2 Å². The molecule has 30 heavy (non-hydrogen) atoms. The molecule has 1 aliphatic rings. The van der Waals surface area contributed by atoms with Gasteiger partial charge in [-0.25, -0.2) is 4.39 Å². The van der Waals surface area contributed by atoms with E-state index in [4.69, 9.17) is 4.74 Å². The molecule has 1 N–H and O–H groups in total. The van der Waals surface area contributed by atoms with Gasteiger partial charge in [0.05, 0.1) is 0 Å². The van der Waals surface area contributed by atoms with Gasteiger partial charge in [-0.3, -0.25) is 9.69 Å². The van der Waals surface area contributed by atoms with Crippen LogP contribution < -0.4 is 10.1 Å². The third kappa shape index (κ3) is 6.99. The minimum absolute atomic E-state index is 0.0649. The van der Waals surface area contributed by atoms with Crippen molar-refractivity contribution >= 4 is 5.91 Å². The topological polar surface area (TPSA) is 41.6 Å². The van der Waals surface area contributed by atoms with Gasteiger partial charge in [0.25, 0.3) is 0 Å². The first kappa shape index (κ1) is 22.0. The van der Waals surface area contributed by atoms with Crippen molar-refractivity contribution in [3.8, 4) is 5.75 Å². The highest BCUT2D eigenvalue weighted by molar-refractivity contribution is 5.75. The maximum Gasteiger partial charge on any atom is 0.220 e. The van der Waals surface area contributed by atoms with E-state index in [0.717, 1.165) is 50.2 Å². The van der Waals surface area contributed by atoms with Crippen LogP contribution >= 0.6 is 0 Å². The van der Waals surface area contributed by atoms with Crippen molar-refractivity contribution in [3.63, 3.8) is 0 Å². The number of nitrogens with zero attached hydrogens (tertiary/aromatic N) is 1. The van der Waals surface area contributed by atoms with Gasteiger partial charge in [0.1, 0.15) is 18.2 Å². The van der Waals surface area contributed by atoms with E-state index in [9.17, 15) is 9.18 Å². The third-order valence-electron chi connectivity index (χ3n) is 5.61. The summed E-state index contributed by atoms with van der Waals surface area (Å²) in [6, 6.07) is 14.4. The van der Waals surface area contributed by atoms with Crippen LogP contribution in [0, 0.1) is 11.7 Å². The molecule has 2 aromatic rings. The van der Waals surface area contributed by atoms with Crippen LogP contribution in [-0.4, -0.2) is 30.5 Å². The Morgan fingerprint density at radius 2 is 1.90 bits per heavy atom. The van der Waals surface area contributed by atoms with Crippen LogP contribution in [0.5, 0.6) is 5.75 Å². The standard InChI is InChI=1S/C25H31FN2O2/c1-2-17-30-24-6-4-3-5-22(24)19-28-15-13-20(14-16-28)9-12-25(29)27-18-21-7-10-23(26)11-8-21/h2-8,10-11,20H,1,9,12-19H2,(H,27,29). The predicted molar refractivity (Wildman–Crippen MR) is 118 cm³/mol. The maximum atomic E-state index is 12.9. The van der Waals surface area contributed by atoms with E-state index in [-0.39, 0.29) is 11.7 Å². The van der Waals surface area contributed by atoms with E-state index in [1.165, 1.54) is 17.7 Å². The minimum atomic E-state index is -0.260. The van der Waals surface area contributed by atoms with Crippen LogP contribution in [0.25, 0.3) is 0 Å². The van der Waals surface area contributed by atoms with Crippen LogP contribution in [0.3, 0.4) is 0 Å². The van der Waals surface area contributed by atoms with Gasteiger partial charge in [-0.1, -0.05) is 43.0 Å². The number of nitrogens with one attached hydrogen (secondary N) is 1. The Hall–Kier alpha value is -2.66. The highest BCUT2D eigenvalue weighted by atomic mass is 19.1. The zero-order valence-corrected chi connectivity index (χ0v) is 17.5. The zero-order valence-electron chi connectivity index (χ0n) is 17.5. The van der Waals surface area contributed by atoms with Gasteiger partial charge in [0.15, 0.2) is 0 Å². The van der Waals surface area contributed by atoms with Gasteiger partial charge in [0.2, 0.25) is 5.91 Å². The van der Waals surface area contributed by atoms with Crippen molar-refractivity contribution in [1.82, 2.24) is 10.2 Å². The molecule has 0 aliphatic carbocycles. The molecule has 0 spiro atoms. The number of halogens is 1.